The van der Waals surface area contributed by atoms with Crippen molar-refractivity contribution in [1.82, 2.24) is 9.88 Å². The van der Waals surface area contributed by atoms with Crippen molar-refractivity contribution in [3.63, 3.8) is 0 Å². The Morgan fingerprint density at radius 3 is 2.77 bits per heavy atom. The average molecular weight is 452 g/mol. The second-order valence-electron chi connectivity index (χ2n) is 6.74. The number of halogens is 2. The Hall–Kier alpha value is -3.04. The van der Waals surface area contributed by atoms with E-state index in [1.165, 1.54) is 12.1 Å². The molecule has 0 saturated heterocycles. The quantitative estimate of drug-likeness (QED) is 0.313. The zero-order chi connectivity index (χ0) is 21.8. The maximum atomic E-state index is 11.7. The van der Waals surface area contributed by atoms with Crippen molar-refractivity contribution < 1.29 is 14.8 Å². The Morgan fingerprint density at radius 2 is 2.13 bits per heavy atom. The van der Waals surface area contributed by atoms with Crippen LogP contribution in [0.15, 0.2) is 42.1 Å². The maximum Gasteiger partial charge on any atom is 0.333 e. The molecule has 9 nitrogen and oxygen atoms in total. The van der Waals surface area contributed by atoms with E-state index in [0.29, 0.717) is 41.9 Å². The number of benzene rings is 1. The fourth-order valence-corrected chi connectivity index (χ4v) is 3.84. The number of anilines is 2. The summed E-state index contributed by atoms with van der Waals surface area (Å²) in [7, 11) is 0. The lowest BCUT2D eigenvalue weighted by molar-refractivity contribution is -0.384. The molecule has 0 radical (unpaired) electrons. The van der Waals surface area contributed by atoms with Gasteiger partial charge in [0, 0.05) is 47.9 Å². The van der Waals surface area contributed by atoms with Crippen molar-refractivity contribution in [3.8, 4) is 0 Å². The molecule has 2 aromatic rings. The minimum Gasteiger partial charge on any atom is -0.478 e. The molecule has 1 aromatic heterocycles. The lowest BCUT2D eigenvalue weighted by Crippen LogP contribution is -2.21. The van der Waals surface area contributed by atoms with Crippen LogP contribution in [0.2, 0.25) is 10.0 Å². The zero-order valence-corrected chi connectivity index (χ0v) is 17.2. The molecule has 0 aliphatic carbocycles. The first-order valence-electron chi connectivity index (χ1n) is 9.05. The SMILES string of the molecule is Nc1nc(NCCCN2C=C(C(=O)O)C(c3ccc(Cl)cc3Cl)C2)ccc1[N+](=O)[O-]. The van der Waals surface area contributed by atoms with Crippen LogP contribution in [0.1, 0.15) is 17.9 Å². The number of carbonyl (C=O) groups is 1. The van der Waals surface area contributed by atoms with Gasteiger partial charge in [-0.2, -0.15) is 0 Å². The van der Waals surface area contributed by atoms with Gasteiger partial charge < -0.3 is 21.1 Å². The van der Waals surface area contributed by atoms with E-state index in [2.05, 4.69) is 10.3 Å². The summed E-state index contributed by atoms with van der Waals surface area (Å²) in [5.41, 5.74) is 6.34. The summed E-state index contributed by atoms with van der Waals surface area (Å²) in [5, 5.41) is 24.3. The van der Waals surface area contributed by atoms with Gasteiger partial charge in [-0.1, -0.05) is 29.3 Å². The van der Waals surface area contributed by atoms with Crippen LogP contribution >= 0.6 is 23.2 Å². The molecule has 4 N–H and O–H groups in total. The topological polar surface area (TPSA) is 135 Å². The number of hydrogen-bond donors (Lipinski definition) is 3. The Balaban J connectivity index is 1.58. The van der Waals surface area contributed by atoms with E-state index in [4.69, 9.17) is 28.9 Å². The van der Waals surface area contributed by atoms with Crippen LogP contribution in [0.25, 0.3) is 0 Å². The smallest absolute Gasteiger partial charge is 0.333 e. The molecule has 0 spiro atoms. The largest absolute Gasteiger partial charge is 0.478 e. The highest BCUT2D eigenvalue weighted by molar-refractivity contribution is 6.35. The lowest BCUT2D eigenvalue weighted by atomic mass is 9.93. The number of nitrogen functional groups attached to an aromatic ring is 1. The second-order valence-corrected chi connectivity index (χ2v) is 7.58. The number of carboxylic acid groups (broad SMARTS) is 1. The first kappa shape index (κ1) is 21.7. The Morgan fingerprint density at radius 1 is 1.37 bits per heavy atom. The molecule has 3 rings (SSSR count). The number of aliphatic carboxylic acids is 1. The summed E-state index contributed by atoms with van der Waals surface area (Å²) in [4.78, 5) is 27.8. The highest BCUT2D eigenvalue weighted by Crippen LogP contribution is 2.36. The van der Waals surface area contributed by atoms with Crippen LogP contribution in [-0.2, 0) is 4.79 Å². The molecule has 1 aromatic carbocycles. The number of rotatable bonds is 8. The van der Waals surface area contributed by atoms with Crippen molar-refractivity contribution in [1.29, 1.82) is 0 Å². The number of aromatic nitrogens is 1. The molecule has 1 aliphatic heterocycles. The van der Waals surface area contributed by atoms with E-state index >= 15 is 0 Å². The van der Waals surface area contributed by atoms with E-state index < -0.39 is 10.9 Å². The monoisotopic (exact) mass is 451 g/mol. The van der Waals surface area contributed by atoms with Crippen molar-refractivity contribution >= 4 is 46.5 Å². The summed E-state index contributed by atoms with van der Waals surface area (Å²) in [5.74, 6) is -1.05. The van der Waals surface area contributed by atoms with Gasteiger partial charge in [0.25, 0.3) is 0 Å². The average Bonchev–Trinajstić information content (AvgIpc) is 3.09. The van der Waals surface area contributed by atoms with E-state index in [0.717, 1.165) is 5.56 Å². The minimum atomic E-state index is -0.989. The fraction of sp³-hybridized carbons (Fsp3) is 0.263. The highest BCUT2D eigenvalue weighted by atomic mass is 35.5. The molecular weight excluding hydrogens is 433 g/mol. The standard InChI is InChI=1S/C19H19Cl2N5O4/c20-11-2-3-12(15(21)8-11)13-9-25(10-14(13)19(27)28)7-1-6-23-17-5-4-16(26(29)30)18(22)24-17/h2-5,8,10,13H,1,6-7,9H2,(H,27,28)(H3,22,23,24). The Bertz CT molecular complexity index is 1010. The van der Waals surface area contributed by atoms with Gasteiger partial charge in [0.05, 0.1) is 10.5 Å². The number of nitro groups is 1. The second kappa shape index (κ2) is 9.19. The van der Waals surface area contributed by atoms with Gasteiger partial charge in [0.15, 0.2) is 0 Å². The van der Waals surface area contributed by atoms with Crippen LogP contribution < -0.4 is 11.1 Å². The van der Waals surface area contributed by atoms with Crippen LogP contribution in [0, 0.1) is 10.1 Å². The van der Waals surface area contributed by atoms with Gasteiger partial charge in [-0.3, -0.25) is 10.1 Å². The van der Waals surface area contributed by atoms with Crippen LogP contribution in [-0.4, -0.2) is 45.5 Å². The number of nitrogens with one attached hydrogen (secondary N) is 1. The summed E-state index contributed by atoms with van der Waals surface area (Å²) in [6.45, 7) is 1.63. The van der Waals surface area contributed by atoms with Gasteiger partial charge >= 0.3 is 11.7 Å². The first-order chi connectivity index (χ1) is 14.3. The van der Waals surface area contributed by atoms with Gasteiger partial charge in [-0.25, -0.2) is 9.78 Å². The van der Waals surface area contributed by atoms with E-state index in [9.17, 15) is 20.0 Å². The van der Waals surface area contributed by atoms with Gasteiger partial charge in [0.1, 0.15) is 5.82 Å². The molecular formula is C19H19Cl2N5O4. The predicted molar refractivity (Wildman–Crippen MR) is 115 cm³/mol. The molecule has 0 amide bonds. The van der Waals surface area contributed by atoms with E-state index in [-0.39, 0.29) is 23.0 Å². The molecule has 158 valence electrons. The van der Waals surface area contributed by atoms with Crippen molar-refractivity contribution in [3.05, 3.63) is 67.8 Å². The fourth-order valence-electron chi connectivity index (χ4n) is 3.30. The third kappa shape index (κ3) is 4.92. The molecule has 2 heterocycles. The molecule has 1 unspecified atom stereocenters. The number of pyridine rings is 1. The van der Waals surface area contributed by atoms with Gasteiger partial charge in [-0.15, -0.1) is 0 Å². The molecule has 30 heavy (non-hydrogen) atoms. The normalized spacial score (nSPS) is 15.7. The summed E-state index contributed by atoms with van der Waals surface area (Å²) in [6, 6.07) is 7.84. The molecule has 11 heteroatoms. The number of carboxylic acids is 1. The highest BCUT2D eigenvalue weighted by Gasteiger charge is 2.31. The van der Waals surface area contributed by atoms with Crippen molar-refractivity contribution in [2.24, 2.45) is 0 Å². The molecule has 1 atom stereocenters. The Labute approximate surface area is 182 Å². The zero-order valence-electron chi connectivity index (χ0n) is 15.7. The first-order valence-corrected chi connectivity index (χ1v) is 9.80. The number of nitrogens with zero attached hydrogens (tertiary/aromatic N) is 3. The van der Waals surface area contributed by atoms with Gasteiger partial charge in [-0.05, 0) is 30.2 Å². The summed E-state index contributed by atoms with van der Waals surface area (Å²) >= 11 is 12.2. The molecule has 0 bridgehead atoms. The van der Waals surface area contributed by atoms with Crippen LogP contribution in [0.5, 0.6) is 0 Å². The summed E-state index contributed by atoms with van der Waals surface area (Å²) in [6.07, 6.45) is 2.32. The van der Waals surface area contributed by atoms with Crippen LogP contribution in [0.4, 0.5) is 17.3 Å². The predicted octanol–water partition coefficient (Wildman–Crippen LogP) is 3.75. The third-order valence-electron chi connectivity index (χ3n) is 4.73. The molecule has 1 aliphatic rings. The van der Waals surface area contributed by atoms with Gasteiger partial charge in [0.2, 0.25) is 5.82 Å². The third-order valence-corrected chi connectivity index (χ3v) is 5.29. The number of nitrogens with two attached hydrogens (primary N) is 1. The maximum absolute atomic E-state index is 11.7. The van der Waals surface area contributed by atoms with Crippen molar-refractivity contribution in [2.75, 3.05) is 30.7 Å². The molecule has 0 saturated carbocycles. The number of hydrogen-bond acceptors (Lipinski definition) is 7. The van der Waals surface area contributed by atoms with E-state index in [1.807, 2.05) is 4.90 Å². The van der Waals surface area contributed by atoms with Crippen LogP contribution in [0.3, 0.4) is 0 Å². The van der Waals surface area contributed by atoms with E-state index in [1.54, 1.807) is 24.4 Å². The lowest BCUT2D eigenvalue weighted by Gasteiger charge is -2.19. The minimum absolute atomic E-state index is 0.152. The molecule has 0 fully saturated rings. The van der Waals surface area contributed by atoms with Crippen molar-refractivity contribution in [2.45, 2.75) is 12.3 Å². The Kier molecular flexibility index (Phi) is 6.63. The summed E-state index contributed by atoms with van der Waals surface area (Å²) < 4.78 is 0.